The molecule has 2 amide bonds. The molecule has 176 valence electrons. The molecule has 2 aliphatic heterocycles. The number of hydrogen-bond acceptors (Lipinski definition) is 6. The van der Waals surface area contributed by atoms with Crippen molar-refractivity contribution in [2.45, 2.75) is 30.6 Å². The highest BCUT2D eigenvalue weighted by Crippen LogP contribution is 2.27. The van der Waals surface area contributed by atoms with Crippen molar-refractivity contribution < 1.29 is 18.0 Å². The molecule has 0 aliphatic carbocycles. The van der Waals surface area contributed by atoms with Gasteiger partial charge < -0.3 is 10.2 Å². The number of nitrogens with zero attached hydrogens (tertiary/aromatic N) is 4. The van der Waals surface area contributed by atoms with Crippen molar-refractivity contribution in [3.8, 4) is 0 Å². The fourth-order valence-corrected chi connectivity index (χ4v) is 5.87. The number of pyridine rings is 2. The minimum Gasteiger partial charge on any atom is -0.342 e. The molecule has 2 aliphatic rings. The van der Waals surface area contributed by atoms with Crippen LogP contribution in [0.15, 0.2) is 47.8 Å². The van der Waals surface area contributed by atoms with Crippen LogP contribution in [-0.2, 0) is 19.6 Å². The molecule has 2 fully saturated rings. The largest absolute Gasteiger partial charge is 0.342 e. The van der Waals surface area contributed by atoms with E-state index in [1.54, 1.807) is 23.1 Å². The van der Waals surface area contributed by atoms with E-state index in [0.717, 1.165) is 6.42 Å². The van der Waals surface area contributed by atoms with Crippen molar-refractivity contribution >= 4 is 39.3 Å². The van der Waals surface area contributed by atoms with E-state index in [9.17, 15) is 18.0 Å². The number of piperidine rings is 2. The molecule has 1 unspecified atom stereocenters. The Morgan fingerprint density at radius 2 is 1.82 bits per heavy atom. The van der Waals surface area contributed by atoms with Gasteiger partial charge in [-0.25, -0.2) is 13.4 Å². The van der Waals surface area contributed by atoms with Gasteiger partial charge in [-0.15, -0.1) is 0 Å². The van der Waals surface area contributed by atoms with E-state index in [2.05, 4.69) is 15.3 Å². The summed E-state index contributed by atoms with van der Waals surface area (Å²) in [6.45, 7) is 1.53. The molecule has 0 aromatic carbocycles. The predicted octanol–water partition coefficient (Wildman–Crippen LogP) is 2.41. The number of likely N-dealkylation sites (tertiary alicyclic amines) is 1. The van der Waals surface area contributed by atoms with Gasteiger partial charge in [-0.3, -0.25) is 14.6 Å². The summed E-state index contributed by atoms with van der Waals surface area (Å²) < 4.78 is 27.0. The van der Waals surface area contributed by atoms with Gasteiger partial charge in [-0.2, -0.15) is 4.31 Å². The molecule has 1 N–H and O–H groups in total. The SMILES string of the molecule is O=C(Nc1ccc(Cl)cn1)C1CCCN(C(=O)C2CCN(S(=O)(=O)c3cccnc3)CC2)C1. The molecule has 0 radical (unpaired) electrons. The highest BCUT2D eigenvalue weighted by molar-refractivity contribution is 7.89. The second-order valence-corrected chi connectivity index (χ2v) is 10.7. The standard InChI is InChI=1S/C22H26ClN5O4S/c23-18-5-6-20(25-13-18)26-21(29)17-3-2-10-27(15-17)22(30)16-7-11-28(12-8-16)33(31,32)19-4-1-9-24-14-19/h1,4-6,9,13-14,16-17H,2-3,7-8,10-12,15H2,(H,25,26,29). The maximum absolute atomic E-state index is 13.1. The van der Waals surface area contributed by atoms with Gasteiger partial charge >= 0.3 is 0 Å². The number of carbonyl (C=O) groups excluding carboxylic acids is 2. The number of aromatic nitrogens is 2. The highest BCUT2D eigenvalue weighted by Gasteiger charge is 2.36. The van der Waals surface area contributed by atoms with Crippen molar-refractivity contribution in [3.63, 3.8) is 0 Å². The Labute approximate surface area is 198 Å². The van der Waals surface area contributed by atoms with Gasteiger partial charge in [0, 0.05) is 50.7 Å². The van der Waals surface area contributed by atoms with Gasteiger partial charge in [0.2, 0.25) is 21.8 Å². The van der Waals surface area contributed by atoms with E-state index >= 15 is 0 Å². The zero-order chi connectivity index (χ0) is 23.4. The van der Waals surface area contributed by atoms with Crippen LogP contribution >= 0.6 is 11.6 Å². The van der Waals surface area contributed by atoms with E-state index in [4.69, 9.17) is 11.6 Å². The first kappa shape index (κ1) is 23.6. The van der Waals surface area contributed by atoms with E-state index in [0.29, 0.717) is 43.2 Å². The summed E-state index contributed by atoms with van der Waals surface area (Å²) in [7, 11) is -3.61. The summed E-state index contributed by atoms with van der Waals surface area (Å²) >= 11 is 5.83. The van der Waals surface area contributed by atoms with Crippen LogP contribution in [0.3, 0.4) is 0 Å². The highest BCUT2D eigenvalue weighted by atomic mass is 35.5. The molecule has 33 heavy (non-hydrogen) atoms. The summed E-state index contributed by atoms with van der Waals surface area (Å²) in [6, 6.07) is 6.41. The van der Waals surface area contributed by atoms with Crippen LogP contribution in [-0.4, -0.2) is 65.6 Å². The average molecular weight is 492 g/mol. The molecule has 11 heteroatoms. The van der Waals surface area contributed by atoms with Crippen LogP contribution in [0.25, 0.3) is 0 Å². The molecule has 9 nitrogen and oxygen atoms in total. The lowest BCUT2D eigenvalue weighted by molar-refractivity contribution is -0.139. The molecule has 4 rings (SSSR count). The van der Waals surface area contributed by atoms with Crippen LogP contribution < -0.4 is 5.32 Å². The topological polar surface area (TPSA) is 113 Å². The third-order valence-electron chi connectivity index (χ3n) is 6.16. The van der Waals surface area contributed by atoms with Gasteiger partial charge in [-0.1, -0.05) is 11.6 Å². The Morgan fingerprint density at radius 1 is 1.03 bits per heavy atom. The van der Waals surface area contributed by atoms with Crippen LogP contribution in [0.4, 0.5) is 5.82 Å². The first-order chi connectivity index (χ1) is 15.8. The van der Waals surface area contributed by atoms with Crippen molar-refractivity contribution in [1.29, 1.82) is 0 Å². The van der Waals surface area contributed by atoms with E-state index < -0.39 is 10.0 Å². The molecular weight excluding hydrogens is 466 g/mol. The van der Waals surface area contributed by atoms with E-state index in [1.807, 2.05) is 0 Å². The maximum Gasteiger partial charge on any atom is 0.244 e. The molecule has 2 saturated heterocycles. The summed E-state index contributed by atoms with van der Waals surface area (Å²) in [4.78, 5) is 35.7. The average Bonchev–Trinajstić information content (AvgIpc) is 2.85. The van der Waals surface area contributed by atoms with Crippen LogP contribution in [0.2, 0.25) is 5.02 Å². The number of rotatable bonds is 5. The van der Waals surface area contributed by atoms with Gasteiger partial charge in [0.15, 0.2) is 0 Å². The van der Waals surface area contributed by atoms with Crippen molar-refractivity contribution in [1.82, 2.24) is 19.2 Å². The number of halogens is 1. The number of amides is 2. The summed E-state index contributed by atoms with van der Waals surface area (Å²) in [5.74, 6) is -0.304. The maximum atomic E-state index is 13.1. The molecular formula is C22H26ClN5O4S. The Morgan fingerprint density at radius 3 is 2.48 bits per heavy atom. The predicted molar refractivity (Wildman–Crippen MR) is 123 cm³/mol. The molecule has 2 aromatic rings. The Balaban J connectivity index is 1.32. The number of hydrogen-bond donors (Lipinski definition) is 1. The molecule has 4 heterocycles. The normalized spacial score (nSPS) is 20.4. The van der Waals surface area contributed by atoms with E-state index in [1.165, 1.54) is 29.0 Å². The second kappa shape index (κ2) is 10.1. The monoisotopic (exact) mass is 491 g/mol. The van der Waals surface area contributed by atoms with Gasteiger partial charge in [0.25, 0.3) is 0 Å². The molecule has 0 spiro atoms. The first-order valence-electron chi connectivity index (χ1n) is 11.0. The van der Waals surface area contributed by atoms with Crippen LogP contribution in [0.1, 0.15) is 25.7 Å². The minimum absolute atomic E-state index is 0.00413. The number of nitrogens with one attached hydrogen (secondary N) is 1. The smallest absolute Gasteiger partial charge is 0.244 e. The van der Waals surface area contributed by atoms with Crippen molar-refractivity contribution in [3.05, 3.63) is 47.9 Å². The Kier molecular flexibility index (Phi) is 7.26. The quantitative estimate of drug-likeness (QED) is 0.687. The van der Waals surface area contributed by atoms with E-state index in [-0.39, 0.29) is 41.6 Å². The fraction of sp³-hybridized carbons (Fsp3) is 0.455. The number of anilines is 1. The summed E-state index contributed by atoms with van der Waals surface area (Å²) in [5.41, 5.74) is 0. The molecule has 0 saturated carbocycles. The lowest BCUT2D eigenvalue weighted by atomic mass is 9.92. The Hall–Kier alpha value is -2.56. The number of sulfonamides is 1. The lowest BCUT2D eigenvalue weighted by Crippen LogP contribution is -2.48. The van der Waals surface area contributed by atoms with Crippen molar-refractivity contribution in [2.75, 3.05) is 31.5 Å². The third-order valence-corrected chi connectivity index (χ3v) is 8.26. The van der Waals surface area contributed by atoms with Gasteiger partial charge in [0.05, 0.1) is 10.9 Å². The third kappa shape index (κ3) is 5.51. The fourth-order valence-electron chi connectivity index (χ4n) is 4.32. The lowest BCUT2D eigenvalue weighted by Gasteiger charge is -2.37. The van der Waals surface area contributed by atoms with Gasteiger partial charge in [0.1, 0.15) is 10.7 Å². The molecule has 0 bridgehead atoms. The van der Waals surface area contributed by atoms with Crippen LogP contribution in [0.5, 0.6) is 0 Å². The van der Waals surface area contributed by atoms with Crippen molar-refractivity contribution in [2.24, 2.45) is 11.8 Å². The molecule has 2 aromatic heterocycles. The summed E-state index contributed by atoms with van der Waals surface area (Å²) in [6.07, 6.45) is 6.69. The summed E-state index contributed by atoms with van der Waals surface area (Å²) in [5, 5.41) is 3.28. The minimum atomic E-state index is -3.61. The zero-order valence-electron chi connectivity index (χ0n) is 18.1. The van der Waals surface area contributed by atoms with Gasteiger partial charge in [-0.05, 0) is 49.9 Å². The Bertz CT molecular complexity index is 1090. The number of carbonyl (C=O) groups is 2. The zero-order valence-corrected chi connectivity index (χ0v) is 19.6. The first-order valence-corrected chi connectivity index (χ1v) is 12.8. The van der Waals surface area contributed by atoms with Crippen LogP contribution in [0, 0.1) is 11.8 Å². The molecule has 1 atom stereocenters. The second-order valence-electron chi connectivity index (χ2n) is 8.34.